The van der Waals surface area contributed by atoms with E-state index in [-0.39, 0.29) is 5.54 Å². The fraction of sp³-hybridized carbons (Fsp3) is 0.588. The van der Waals surface area contributed by atoms with Gasteiger partial charge in [-0.15, -0.1) is 0 Å². The number of aliphatic imine (C=N–C) groups is 1. The lowest BCUT2D eigenvalue weighted by molar-refractivity contribution is 0.0931. The number of hydrogen-bond donors (Lipinski definition) is 2. The smallest absolute Gasteiger partial charge is 0.191 e. The van der Waals surface area contributed by atoms with Crippen molar-refractivity contribution in [3.8, 4) is 0 Å². The maximum Gasteiger partial charge on any atom is 0.191 e. The molecule has 0 aliphatic carbocycles. The van der Waals surface area contributed by atoms with Gasteiger partial charge in [0.1, 0.15) is 0 Å². The number of guanidine groups is 1. The summed E-state index contributed by atoms with van der Waals surface area (Å²) in [4.78, 5) is 4.23. The summed E-state index contributed by atoms with van der Waals surface area (Å²) in [5.74, 6) is 1.25. The summed E-state index contributed by atoms with van der Waals surface area (Å²) in [6.07, 6.45) is 0. The number of ether oxygens (including phenoxy) is 1. The second kappa shape index (κ2) is 8.67. The zero-order valence-corrected chi connectivity index (χ0v) is 13.9. The molecule has 1 aromatic carbocycles. The van der Waals surface area contributed by atoms with E-state index in [1.54, 1.807) is 7.05 Å². The van der Waals surface area contributed by atoms with Crippen LogP contribution in [0, 0.1) is 5.92 Å². The molecule has 1 rings (SSSR count). The number of benzene rings is 1. The zero-order valence-electron chi connectivity index (χ0n) is 13.9. The Labute approximate surface area is 129 Å². The molecule has 0 saturated heterocycles. The topological polar surface area (TPSA) is 45.7 Å². The molecule has 1 atom stereocenters. The molecule has 4 heteroatoms. The Morgan fingerprint density at radius 3 is 2.48 bits per heavy atom. The fourth-order valence-electron chi connectivity index (χ4n) is 1.82. The third kappa shape index (κ3) is 8.35. The van der Waals surface area contributed by atoms with Gasteiger partial charge in [0.15, 0.2) is 5.96 Å². The van der Waals surface area contributed by atoms with E-state index in [2.05, 4.69) is 55.5 Å². The zero-order chi connectivity index (χ0) is 15.7. The molecule has 1 unspecified atom stereocenters. The standard InChI is InChI=1S/C17H29N3O/c1-14(11-19-16(18-5)20-17(2,3)4)12-21-13-15-9-7-6-8-10-15/h6-10,14H,11-13H2,1-5H3,(H2,18,19,20). The molecule has 0 aliphatic rings. The second-order valence-corrected chi connectivity index (χ2v) is 6.43. The van der Waals surface area contributed by atoms with Crippen molar-refractivity contribution in [1.29, 1.82) is 0 Å². The minimum Gasteiger partial charge on any atom is -0.376 e. The summed E-state index contributed by atoms with van der Waals surface area (Å²) in [6, 6.07) is 10.2. The molecule has 0 amide bonds. The van der Waals surface area contributed by atoms with Crippen LogP contribution in [-0.2, 0) is 11.3 Å². The number of nitrogens with one attached hydrogen (secondary N) is 2. The number of nitrogens with zero attached hydrogens (tertiary/aromatic N) is 1. The summed E-state index contributed by atoms with van der Waals surface area (Å²) in [6.45, 7) is 10.8. The van der Waals surface area contributed by atoms with Crippen molar-refractivity contribution in [3.63, 3.8) is 0 Å². The van der Waals surface area contributed by atoms with Gasteiger partial charge in [0.25, 0.3) is 0 Å². The van der Waals surface area contributed by atoms with E-state index in [1.807, 2.05) is 18.2 Å². The average molecular weight is 291 g/mol. The summed E-state index contributed by atoms with van der Waals surface area (Å²) in [5.41, 5.74) is 1.22. The molecule has 4 nitrogen and oxygen atoms in total. The van der Waals surface area contributed by atoms with Crippen molar-refractivity contribution >= 4 is 5.96 Å². The van der Waals surface area contributed by atoms with Crippen LogP contribution < -0.4 is 10.6 Å². The van der Waals surface area contributed by atoms with Gasteiger partial charge in [0.05, 0.1) is 13.2 Å². The molecule has 0 spiro atoms. The maximum absolute atomic E-state index is 5.75. The third-order valence-corrected chi connectivity index (χ3v) is 2.85. The highest BCUT2D eigenvalue weighted by atomic mass is 16.5. The van der Waals surface area contributed by atoms with Crippen LogP contribution in [0.4, 0.5) is 0 Å². The van der Waals surface area contributed by atoms with Gasteiger partial charge in [0, 0.05) is 19.1 Å². The summed E-state index contributed by atoms with van der Waals surface area (Å²) in [7, 11) is 1.79. The lowest BCUT2D eigenvalue weighted by Gasteiger charge is -2.24. The summed E-state index contributed by atoms with van der Waals surface area (Å²) < 4.78 is 5.75. The summed E-state index contributed by atoms with van der Waals surface area (Å²) in [5, 5.41) is 6.67. The number of rotatable bonds is 6. The Balaban J connectivity index is 2.23. The van der Waals surface area contributed by atoms with Gasteiger partial charge in [-0.1, -0.05) is 37.3 Å². The molecule has 2 N–H and O–H groups in total. The molecule has 1 aromatic rings. The molecular formula is C17H29N3O. The first-order valence-electron chi connectivity index (χ1n) is 7.51. The monoisotopic (exact) mass is 291 g/mol. The van der Waals surface area contributed by atoms with Crippen molar-refractivity contribution in [2.24, 2.45) is 10.9 Å². The van der Waals surface area contributed by atoms with Gasteiger partial charge < -0.3 is 15.4 Å². The quantitative estimate of drug-likeness (QED) is 0.626. The fourth-order valence-corrected chi connectivity index (χ4v) is 1.82. The van der Waals surface area contributed by atoms with E-state index in [1.165, 1.54) is 5.56 Å². The minimum absolute atomic E-state index is 0.00882. The molecule has 21 heavy (non-hydrogen) atoms. The molecule has 0 saturated carbocycles. The van der Waals surface area contributed by atoms with Crippen LogP contribution >= 0.6 is 0 Å². The van der Waals surface area contributed by atoms with Crippen LogP contribution in [0.2, 0.25) is 0 Å². The van der Waals surface area contributed by atoms with Crippen LogP contribution in [0.3, 0.4) is 0 Å². The molecule has 0 aromatic heterocycles. The van der Waals surface area contributed by atoms with E-state index < -0.39 is 0 Å². The Hall–Kier alpha value is -1.55. The first kappa shape index (κ1) is 17.5. The first-order valence-corrected chi connectivity index (χ1v) is 7.51. The van der Waals surface area contributed by atoms with E-state index >= 15 is 0 Å². The van der Waals surface area contributed by atoms with Gasteiger partial charge in [-0.2, -0.15) is 0 Å². The SMILES string of the molecule is CN=C(NCC(C)COCc1ccccc1)NC(C)(C)C. The highest BCUT2D eigenvalue weighted by Gasteiger charge is 2.12. The average Bonchev–Trinajstić information content (AvgIpc) is 2.43. The van der Waals surface area contributed by atoms with Crippen molar-refractivity contribution in [3.05, 3.63) is 35.9 Å². The Morgan fingerprint density at radius 1 is 1.24 bits per heavy atom. The Kier molecular flexibility index (Phi) is 7.23. The second-order valence-electron chi connectivity index (χ2n) is 6.43. The molecule has 0 aliphatic heterocycles. The van der Waals surface area contributed by atoms with Crippen molar-refractivity contribution < 1.29 is 4.74 Å². The van der Waals surface area contributed by atoms with Crippen LogP contribution in [0.1, 0.15) is 33.3 Å². The van der Waals surface area contributed by atoms with E-state index in [0.717, 1.165) is 19.1 Å². The van der Waals surface area contributed by atoms with Gasteiger partial charge in [0.2, 0.25) is 0 Å². The Morgan fingerprint density at radius 2 is 1.90 bits per heavy atom. The minimum atomic E-state index is 0.00882. The predicted molar refractivity (Wildman–Crippen MR) is 89.5 cm³/mol. The molecule has 0 heterocycles. The van der Waals surface area contributed by atoms with Gasteiger partial charge in [-0.25, -0.2) is 0 Å². The molecule has 0 bridgehead atoms. The lowest BCUT2D eigenvalue weighted by Crippen LogP contribution is -2.48. The molecule has 118 valence electrons. The van der Waals surface area contributed by atoms with Crippen molar-refractivity contribution in [2.45, 2.75) is 39.8 Å². The van der Waals surface area contributed by atoms with Crippen molar-refractivity contribution in [1.82, 2.24) is 10.6 Å². The van der Waals surface area contributed by atoms with Gasteiger partial charge in [-0.3, -0.25) is 4.99 Å². The largest absolute Gasteiger partial charge is 0.376 e. The van der Waals surface area contributed by atoms with Crippen LogP contribution in [0.25, 0.3) is 0 Å². The molecule has 0 fully saturated rings. The van der Waals surface area contributed by atoms with Crippen LogP contribution in [-0.4, -0.2) is 31.7 Å². The van der Waals surface area contributed by atoms with E-state index in [4.69, 9.17) is 4.74 Å². The van der Waals surface area contributed by atoms with Crippen LogP contribution in [0.15, 0.2) is 35.3 Å². The lowest BCUT2D eigenvalue weighted by atomic mass is 10.1. The Bertz CT molecular complexity index is 423. The van der Waals surface area contributed by atoms with E-state index in [9.17, 15) is 0 Å². The highest BCUT2D eigenvalue weighted by Crippen LogP contribution is 2.03. The highest BCUT2D eigenvalue weighted by molar-refractivity contribution is 5.80. The van der Waals surface area contributed by atoms with E-state index in [0.29, 0.717) is 12.5 Å². The van der Waals surface area contributed by atoms with Gasteiger partial charge in [-0.05, 0) is 32.3 Å². The predicted octanol–water partition coefficient (Wildman–Crippen LogP) is 2.80. The molecular weight excluding hydrogens is 262 g/mol. The van der Waals surface area contributed by atoms with Gasteiger partial charge >= 0.3 is 0 Å². The van der Waals surface area contributed by atoms with Crippen LogP contribution in [0.5, 0.6) is 0 Å². The molecule has 0 radical (unpaired) electrons. The normalized spacial score (nSPS) is 13.9. The number of hydrogen-bond acceptors (Lipinski definition) is 2. The first-order chi connectivity index (χ1) is 9.90. The third-order valence-electron chi connectivity index (χ3n) is 2.85. The summed E-state index contributed by atoms with van der Waals surface area (Å²) >= 11 is 0. The maximum atomic E-state index is 5.75. The van der Waals surface area contributed by atoms with Crippen molar-refractivity contribution in [2.75, 3.05) is 20.2 Å².